The van der Waals surface area contributed by atoms with Crippen molar-refractivity contribution in [3.63, 3.8) is 0 Å². The van der Waals surface area contributed by atoms with Crippen molar-refractivity contribution in [1.82, 2.24) is 14.5 Å². The Labute approximate surface area is 179 Å². The molecule has 1 N–H and O–H groups in total. The third-order valence-electron chi connectivity index (χ3n) is 5.17. The smallest absolute Gasteiger partial charge is 0.331 e. The molecular formula is C23H23N3O5. The zero-order valence-corrected chi connectivity index (χ0v) is 18.0. The number of imidazole rings is 1. The van der Waals surface area contributed by atoms with Crippen LogP contribution >= 0.6 is 0 Å². The number of aromatic nitrogens is 3. The summed E-state index contributed by atoms with van der Waals surface area (Å²) in [7, 11) is 6.25. The summed E-state index contributed by atoms with van der Waals surface area (Å²) in [6.07, 6.45) is 1.65. The van der Waals surface area contributed by atoms with E-state index >= 15 is 0 Å². The van der Waals surface area contributed by atoms with Gasteiger partial charge in [0.15, 0.2) is 11.5 Å². The summed E-state index contributed by atoms with van der Waals surface area (Å²) in [6, 6.07) is 11.2. The maximum atomic E-state index is 12.8. The number of H-pyrrole nitrogens is 1. The van der Waals surface area contributed by atoms with Gasteiger partial charge >= 0.3 is 5.69 Å². The van der Waals surface area contributed by atoms with Crippen molar-refractivity contribution in [3.8, 4) is 39.9 Å². The van der Waals surface area contributed by atoms with Gasteiger partial charge in [0.1, 0.15) is 5.75 Å². The molecule has 0 spiro atoms. The van der Waals surface area contributed by atoms with Gasteiger partial charge in [-0.15, -0.1) is 0 Å². The van der Waals surface area contributed by atoms with Gasteiger partial charge in [-0.05, 0) is 36.8 Å². The number of hydrogen-bond acceptors (Lipinski definition) is 6. The summed E-state index contributed by atoms with van der Waals surface area (Å²) in [4.78, 5) is 20.2. The first-order valence-electron chi connectivity index (χ1n) is 9.56. The van der Waals surface area contributed by atoms with Crippen LogP contribution in [0.25, 0.3) is 28.0 Å². The fraction of sp³-hybridized carbons (Fsp3) is 0.217. The van der Waals surface area contributed by atoms with Gasteiger partial charge in [0.2, 0.25) is 5.75 Å². The summed E-state index contributed by atoms with van der Waals surface area (Å²) in [5.41, 5.74) is 4.23. The SMILES string of the molecule is COc1ccc(-c2cc3c(cn2)[nH]c(=O)n3-c2cc(OC)c(OC)c(OC)c2)cc1C. The number of aryl methyl sites for hydroxylation is 1. The lowest BCUT2D eigenvalue weighted by Crippen LogP contribution is -2.15. The van der Waals surface area contributed by atoms with Crippen molar-refractivity contribution >= 4 is 11.0 Å². The van der Waals surface area contributed by atoms with Crippen molar-refractivity contribution in [2.24, 2.45) is 0 Å². The van der Waals surface area contributed by atoms with Crippen LogP contribution in [0.1, 0.15) is 5.56 Å². The minimum Gasteiger partial charge on any atom is -0.496 e. The number of nitrogens with zero attached hydrogens (tertiary/aromatic N) is 2. The molecule has 4 aromatic rings. The molecule has 8 heteroatoms. The number of rotatable bonds is 6. The number of hydrogen-bond donors (Lipinski definition) is 1. The third kappa shape index (κ3) is 3.46. The van der Waals surface area contributed by atoms with Gasteiger partial charge in [-0.1, -0.05) is 0 Å². The average molecular weight is 421 g/mol. The standard InChI is InChI=1S/C23H23N3O5/c1-13-8-14(6-7-19(13)28-2)16-11-18-17(12-24-16)25-23(27)26(18)15-9-20(29-3)22(31-5)21(10-15)30-4/h6-12H,1-5H3,(H,25,27). The highest BCUT2D eigenvalue weighted by atomic mass is 16.5. The Morgan fingerprint density at radius 3 is 2.13 bits per heavy atom. The van der Waals surface area contributed by atoms with Gasteiger partial charge in [0.25, 0.3) is 0 Å². The van der Waals surface area contributed by atoms with Crippen LogP contribution in [0.4, 0.5) is 0 Å². The Morgan fingerprint density at radius 2 is 1.55 bits per heavy atom. The van der Waals surface area contributed by atoms with E-state index in [0.717, 1.165) is 22.6 Å². The zero-order chi connectivity index (χ0) is 22.1. The maximum absolute atomic E-state index is 12.8. The van der Waals surface area contributed by atoms with E-state index in [2.05, 4.69) is 9.97 Å². The maximum Gasteiger partial charge on any atom is 0.331 e. The highest BCUT2D eigenvalue weighted by Gasteiger charge is 2.18. The molecule has 0 aliphatic rings. The molecule has 0 saturated heterocycles. The average Bonchev–Trinajstić information content (AvgIpc) is 3.12. The van der Waals surface area contributed by atoms with Crippen molar-refractivity contribution in [1.29, 1.82) is 0 Å². The molecule has 2 heterocycles. The molecule has 160 valence electrons. The van der Waals surface area contributed by atoms with E-state index in [0.29, 0.717) is 34.0 Å². The number of nitrogens with one attached hydrogen (secondary N) is 1. The number of methoxy groups -OCH3 is 4. The molecule has 2 aromatic heterocycles. The molecule has 0 amide bonds. The van der Waals surface area contributed by atoms with Gasteiger partial charge in [-0.3, -0.25) is 9.55 Å². The summed E-state index contributed by atoms with van der Waals surface area (Å²) >= 11 is 0. The minimum absolute atomic E-state index is 0.297. The van der Waals surface area contributed by atoms with Gasteiger partial charge in [0, 0.05) is 17.7 Å². The number of benzene rings is 2. The predicted molar refractivity (Wildman–Crippen MR) is 118 cm³/mol. The Bertz CT molecular complexity index is 1300. The molecule has 0 aliphatic heterocycles. The van der Waals surface area contributed by atoms with Crippen molar-refractivity contribution in [3.05, 3.63) is 58.6 Å². The molecule has 0 atom stereocenters. The van der Waals surface area contributed by atoms with Crippen LogP contribution < -0.4 is 24.6 Å². The molecule has 0 aliphatic carbocycles. The largest absolute Gasteiger partial charge is 0.496 e. The monoisotopic (exact) mass is 421 g/mol. The highest BCUT2D eigenvalue weighted by Crippen LogP contribution is 2.39. The van der Waals surface area contributed by atoms with Crippen LogP contribution in [-0.2, 0) is 0 Å². The third-order valence-corrected chi connectivity index (χ3v) is 5.17. The summed E-state index contributed by atoms with van der Waals surface area (Å²) < 4.78 is 23.2. The summed E-state index contributed by atoms with van der Waals surface area (Å²) in [5.74, 6) is 2.18. The Hall–Kier alpha value is -3.94. The number of ether oxygens (including phenoxy) is 4. The Balaban J connectivity index is 1.92. The molecule has 0 saturated carbocycles. The number of fused-ring (bicyclic) bond motifs is 1. The van der Waals surface area contributed by atoms with Crippen LogP contribution in [0.3, 0.4) is 0 Å². The Kier molecular flexibility index (Phi) is 5.29. The quantitative estimate of drug-likeness (QED) is 0.511. The minimum atomic E-state index is -0.297. The molecule has 8 nitrogen and oxygen atoms in total. The van der Waals surface area contributed by atoms with E-state index in [4.69, 9.17) is 18.9 Å². The zero-order valence-electron chi connectivity index (χ0n) is 18.0. The first-order chi connectivity index (χ1) is 15.0. The van der Waals surface area contributed by atoms with Gasteiger partial charge in [-0.25, -0.2) is 4.79 Å². The second-order valence-electron chi connectivity index (χ2n) is 6.92. The van der Waals surface area contributed by atoms with Gasteiger partial charge in [-0.2, -0.15) is 0 Å². The van der Waals surface area contributed by atoms with Crippen LogP contribution in [0, 0.1) is 6.92 Å². The van der Waals surface area contributed by atoms with E-state index in [1.807, 2.05) is 31.2 Å². The van der Waals surface area contributed by atoms with E-state index in [1.165, 1.54) is 21.3 Å². The summed E-state index contributed by atoms with van der Waals surface area (Å²) in [5, 5.41) is 0. The molecule has 0 fully saturated rings. The second kappa shape index (κ2) is 8.06. The number of pyridine rings is 1. The molecule has 0 unspecified atom stereocenters. The van der Waals surface area contributed by atoms with Crippen molar-refractivity contribution in [2.75, 3.05) is 28.4 Å². The fourth-order valence-corrected chi connectivity index (χ4v) is 3.65. The molecule has 4 rings (SSSR count). The van der Waals surface area contributed by atoms with Crippen molar-refractivity contribution in [2.45, 2.75) is 6.92 Å². The first kappa shape index (κ1) is 20.3. The lowest BCUT2D eigenvalue weighted by molar-refractivity contribution is 0.324. The van der Waals surface area contributed by atoms with Gasteiger partial charge in [0.05, 0.1) is 57.1 Å². The molecule has 2 aromatic carbocycles. The van der Waals surface area contributed by atoms with E-state index in [-0.39, 0.29) is 5.69 Å². The van der Waals surface area contributed by atoms with Crippen molar-refractivity contribution < 1.29 is 18.9 Å². The lowest BCUT2D eigenvalue weighted by atomic mass is 10.1. The van der Waals surface area contributed by atoms with Crippen LogP contribution in [0.15, 0.2) is 47.4 Å². The lowest BCUT2D eigenvalue weighted by Gasteiger charge is -2.14. The number of aromatic amines is 1. The second-order valence-corrected chi connectivity index (χ2v) is 6.92. The van der Waals surface area contributed by atoms with E-state index in [9.17, 15) is 4.79 Å². The predicted octanol–water partition coefficient (Wildman–Crippen LogP) is 3.72. The van der Waals surface area contributed by atoms with E-state index in [1.54, 1.807) is 30.0 Å². The highest BCUT2D eigenvalue weighted by molar-refractivity contribution is 5.81. The van der Waals surface area contributed by atoms with E-state index < -0.39 is 0 Å². The molecular weight excluding hydrogens is 398 g/mol. The normalized spacial score (nSPS) is 10.9. The van der Waals surface area contributed by atoms with Crippen LogP contribution in [0.2, 0.25) is 0 Å². The topological polar surface area (TPSA) is 87.6 Å². The van der Waals surface area contributed by atoms with Crippen LogP contribution in [0.5, 0.6) is 23.0 Å². The fourth-order valence-electron chi connectivity index (χ4n) is 3.65. The molecule has 31 heavy (non-hydrogen) atoms. The van der Waals surface area contributed by atoms with Gasteiger partial charge < -0.3 is 23.9 Å². The first-order valence-corrected chi connectivity index (χ1v) is 9.56. The molecule has 0 radical (unpaired) electrons. The Morgan fingerprint density at radius 1 is 0.871 bits per heavy atom. The van der Waals surface area contributed by atoms with Crippen LogP contribution in [-0.4, -0.2) is 43.0 Å². The molecule has 0 bridgehead atoms. The summed E-state index contributed by atoms with van der Waals surface area (Å²) in [6.45, 7) is 1.98.